The lowest BCUT2D eigenvalue weighted by molar-refractivity contribution is 0.508. The Morgan fingerprint density at radius 2 is 1.73 bits per heavy atom. The van der Waals surface area contributed by atoms with Crippen LogP contribution in [0, 0.1) is 11.6 Å². The van der Waals surface area contributed by atoms with Crippen LogP contribution in [-0.4, -0.2) is 15.0 Å². The fraction of sp³-hybridized carbons (Fsp3) is 0.0667. The third-order valence-electron chi connectivity index (χ3n) is 2.89. The molecule has 0 fully saturated rings. The molecule has 3 nitrogen and oxygen atoms in total. The molecule has 0 aliphatic rings. The molecule has 2 rings (SSSR count). The summed E-state index contributed by atoms with van der Waals surface area (Å²) >= 11 is 3.23. The summed E-state index contributed by atoms with van der Waals surface area (Å²) in [5.74, 6) is -2.15. The molecule has 0 heterocycles. The summed E-state index contributed by atoms with van der Waals surface area (Å²) in [5.41, 5.74) is 0.0294. The van der Waals surface area contributed by atoms with Crippen LogP contribution in [0.3, 0.4) is 0 Å². The van der Waals surface area contributed by atoms with E-state index in [1.165, 1.54) is 24.3 Å². The molecule has 0 atom stereocenters. The Morgan fingerprint density at radius 1 is 1.09 bits per heavy atom. The first-order valence-corrected chi connectivity index (χ1v) is 8.44. The largest absolute Gasteiger partial charge is 0.264 e. The summed E-state index contributed by atoms with van der Waals surface area (Å²) in [4.78, 5) is 0.0438. The highest BCUT2D eigenvalue weighted by molar-refractivity contribution is 9.10. The van der Waals surface area contributed by atoms with E-state index in [0.717, 1.165) is 20.9 Å². The summed E-state index contributed by atoms with van der Waals surface area (Å²) in [6.07, 6.45) is 1.37. The van der Waals surface area contributed by atoms with E-state index in [-0.39, 0.29) is 17.1 Å². The van der Waals surface area contributed by atoms with Gasteiger partial charge in [0.2, 0.25) is 0 Å². The molecule has 2 aromatic rings. The van der Waals surface area contributed by atoms with Gasteiger partial charge >= 0.3 is 0 Å². The van der Waals surface area contributed by atoms with Gasteiger partial charge < -0.3 is 0 Å². The average Bonchev–Trinajstić information content (AvgIpc) is 2.48. The van der Waals surface area contributed by atoms with E-state index in [1.54, 1.807) is 12.1 Å². The fourth-order valence-corrected chi connectivity index (χ4v) is 3.53. The van der Waals surface area contributed by atoms with Crippen LogP contribution < -0.4 is 4.31 Å². The third kappa shape index (κ3) is 3.36. The Labute approximate surface area is 136 Å². The first kappa shape index (κ1) is 16.6. The maximum absolute atomic E-state index is 13.4. The summed E-state index contributed by atoms with van der Waals surface area (Å²) in [5, 5.41) is 0. The molecule has 2 aromatic carbocycles. The van der Waals surface area contributed by atoms with Crippen LogP contribution >= 0.6 is 15.9 Å². The highest BCUT2D eigenvalue weighted by Gasteiger charge is 2.24. The Balaban J connectivity index is 2.52. The summed E-state index contributed by atoms with van der Waals surface area (Å²) in [6, 6.07) is 8.96. The van der Waals surface area contributed by atoms with Crippen molar-refractivity contribution in [3.63, 3.8) is 0 Å². The number of halogens is 3. The van der Waals surface area contributed by atoms with Crippen molar-refractivity contribution in [1.29, 1.82) is 0 Å². The van der Waals surface area contributed by atoms with Gasteiger partial charge in [0.15, 0.2) is 11.6 Å². The van der Waals surface area contributed by atoms with Crippen molar-refractivity contribution in [2.45, 2.75) is 4.90 Å². The predicted molar refractivity (Wildman–Crippen MR) is 85.2 cm³/mol. The Bertz CT molecular complexity index is 792. The quantitative estimate of drug-likeness (QED) is 0.723. The van der Waals surface area contributed by atoms with Crippen LogP contribution in [0.5, 0.6) is 0 Å². The second kappa shape index (κ2) is 6.58. The molecule has 0 bridgehead atoms. The van der Waals surface area contributed by atoms with E-state index in [9.17, 15) is 17.2 Å². The molecular weight excluding hydrogens is 376 g/mol. The van der Waals surface area contributed by atoms with Gasteiger partial charge in [-0.1, -0.05) is 22.0 Å². The Morgan fingerprint density at radius 3 is 2.27 bits per heavy atom. The van der Waals surface area contributed by atoms with Crippen molar-refractivity contribution < 1.29 is 17.2 Å². The minimum atomic E-state index is -3.91. The molecule has 0 aliphatic heterocycles. The minimum Gasteiger partial charge on any atom is -0.262 e. The van der Waals surface area contributed by atoms with Gasteiger partial charge in [-0.05, 0) is 36.4 Å². The summed E-state index contributed by atoms with van der Waals surface area (Å²) in [6.45, 7) is 3.44. The zero-order valence-electron chi connectivity index (χ0n) is 11.3. The second-order valence-corrected chi connectivity index (χ2v) is 7.16. The Hall–Kier alpha value is -1.73. The lowest BCUT2D eigenvalue weighted by Crippen LogP contribution is -2.31. The molecule has 0 spiro atoms. The molecule has 0 saturated carbocycles. The van der Waals surface area contributed by atoms with Crippen LogP contribution in [0.1, 0.15) is 0 Å². The maximum Gasteiger partial charge on any atom is 0.264 e. The molecule has 7 heteroatoms. The zero-order valence-corrected chi connectivity index (χ0v) is 13.7. The second-order valence-electron chi connectivity index (χ2n) is 4.38. The van der Waals surface area contributed by atoms with E-state index >= 15 is 0 Å². The molecule has 0 amide bonds. The van der Waals surface area contributed by atoms with Crippen molar-refractivity contribution in [1.82, 2.24) is 0 Å². The van der Waals surface area contributed by atoms with E-state index in [0.29, 0.717) is 0 Å². The molecule has 0 unspecified atom stereocenters. The van der Waals surface area contributed by atoms with Crippen molar-refractivity contribution in [3.05, 3.63) is 71.2 Å². The standard InChI is InChI=1S/C15H12BrF2NO2S/c1-2-9-19(12-5-8-14(17)15(18)10-12)22(20,21)13-6-3-11(16)4-7-13/h2-8,10H,1,9H2. The van der Waals surface area contributed by atoms with Gasteiger partial charge in [0, 0.05) is 10.5 Å². The topological polar surface area (TPSA) is 37.4 Å². The van der Waals surface area contributed by atoms with Crippen molar-refractivity contribution in [2.24, 2.45) is 0 Å². The third-order valence-corrected chi connectivity index (χ3v) is 5.22. The van der Waals surface area contributed by atoms with Gasteiger partial charge in [0.25, 0.3) is 10.0 Å². The fourth-order valence-electron chi connectivity index (χ4n) is 1.83. The molecule has 116 valence electrons. The number of anilines is 1. The molecule has 0 radical (unpaired) electrons. The van der Waals surface area contributed by atoms with Crippen LogP contribution in [0.2, 0.25) is 0 Å². The molecule has 0 saturated heterocycles. The van der Waals surface area contributed by atoms with Crippen LogP contribution in [0.25, 0.3) is 0 Å². The first-order valence-electron chi connectivity index (χ1n) is 6.20. The average molecular weight is 388 g/mol. The van der Waals surface area contributed by atoms with Crippen LogP contribution in [0.4, 0.5) is 14.5 Å². The van der Waals surface area contributed by atoms with Gasteiger partial charge in [0.05, 0.1) is 17.1 Å². The van der Waals surface area contributed by atoms with E-state index < -0.39 is 21.7 Å². The number of sulfonamides is 1. The SMILES string of the molecule is C=CCN(c1ccc(F)c(F)c1)S(=O)(=O)c1ccc(Br)cc1. The summed E-state index contributed by atoms with van der Waals surface area (Å²) in [7, 11) is -3.91. The summed E-state index contributed by atoms with van der Waals surface area (Å²) < 4.78 is 53.5. The molecule has 22 heavy (non-hydrogen) atoms. The van der Waals surface area contributed by atoms with Crippen molar-refractivity contribution in [2.75, 3.05) is 10.8 Å². The van der Waals surface area contributed by atoms with E-state index in [2.05, 4.69) is 22.5 Å². The molecular formula is C15H12BrF2NO2S. The Kier molecular flexibility index (Phi) is 4.97. The maximum atomic E-state index is 13.4. The van der Waals surface area contributed by atoms with E-state index in [1.807, 2.05) is 0 Å². The predicted octanol–water partition coefficient (Wildman–Crippen LogP) is 4.11. The van der Waals surface area contributed by atoms with E-state index in [4.69, 9.17) is 0 Å². The van der Waals surface area contributed by atoms with Gasteiger partial charge in [0.1, 0.15) is 0 Å². The van der Waals surface area contributed by atoms with Crippen LogP contribution in [-0.2, 0) is 10.0 Å². The number of hydrogen-bond acceptors (Lipinski definition) is 2. The smallest absolute Gasteiger partial charge is 0.262 e. The van der Waals surface area contributed by atoms with Crippen molar-refractivity contribution >= 4 is 31.6 Å². The van der Waals surface area contributed by atoms with Crippen LogP contribution in [0.15, 0.2) is 64.5 Å². The van der Waals surface area contributed by atoms with Gasteiger partial charge in [-0.2, -0.15) is 0 Å². The number of benzene rings is 2. The zero-order chi connectivity index (χ0) is 16.3. The first-order chi connectivity index (χ1) is 10.4. The lowest BCUT2D eigenvalue weighted by atomic mass is 10.3. The van der Waals surface area contributed by atoms with Gasteiger partial charge in [-0.3, -0.25) is 4.31 Å². The number of rotatable bonds is 5. The minimum absolute atomic E-state index is 0.0294. The van der Waals surface area contributed by atoms with Gasteiger partial charge in [-0.15, -0.1) is 6.58 Å². The monoisotopic (exact) mass is 387 g/mol. The normalized spacial score (nSPS) is 11.2. The van der Waals surface area contributed by atoms with Crippen molar-refractivity contribution in [3.8, 4) is 0 Å². The van der Waals surface area contributed by atoms with Gasteiger partial charge in [-0.25, -0.2) is 17.2 Å². The lowest BCUT2D eigenvalue weighted by Gasteiger charge is -2.23. The number of nitrogens with zero attached hydrogens (tertiary/aromatic N) is 1. The molecule has 0 aromatic heterocycles. The highest BCUT2D eigenvalue weighted by Crippen LogP contribution is 2.26. The highest BCUT2D eigenvalue weighted by atomic mass is 79.9. The molecule has 0 N–H and O–H groups in total. The number of hydrogen-bond donors (Lipinski definition) is 0. The molecule has 0 aliphatic carbocycles.